The first-order valence-corrected chi connectivity index (χ1v) is 5.46. The third-order valence-corrected chi connectivity index (χ3v) is 3.23. The van der Waals surface area contributed by atoms with Gasteiger partial charge in [-0.05, 0) is 0 Å². The Labute approximate surface area is 81.8 Å². The molecule has 0 fully saturated rings. The fourth-order valence-corrected chi connectivity index (χ4v) is 2.36. The SMILES string of the molecule is CS(=O)(=O)CS(=O)(=O)[O-].[Na+]. The molecular weight excluding hydrogens is 191 g/mol. The normalized spacial score (nSPS) is 12.2. The summed E-state index contributed by atoms with van der Waals surface area (Å²) in [6, 6.07) is 0. The van der Waals surface area contributed by atoms with E-state index in [1.165, 1.54) is 0 Å². The zero-order valence-electron chi connectivity index (χ0n) is 5.56. The zero-order chi connectivity index (χ0) is 7.71. The molecule has 10 heavy (non-hydrogen) atoms. The molecule has 0 aliphatic carbocycles. The predicted octanol–water partition coefficient (Wildman–Crippen LogP) is -4.46. The van der Waals surface area contributed by atoms with Gasteiger partial charge >= 0.3 is 29.6 Å². The van der Waals surface area contributed by atoms with Crippen LogP contribution in [0, 0.1) is 0 Å². The molecule has 0 aromatic carbocycles. The minimum Gasteiger partial charge on any atom is -0.747 e. The van der Waals surface area contributed by atoms with Crippen LogP contribution in [-0.2, 0) is 20.0 Å². The monoisotopic (exact) mass is 196 g/mol. The molecule has 8 heteroatoms. The summed E-state index contributed by atoms with van der Waals surface area (Å²) in [5.41, 5.74) is 0. The summed E-state index contributed by atoms with van der Waals surface area (Å²) >= 11 is 0. The summed E-state index contributed by atoms with van der Waals surface area (Å²) in [6.45, 7) is 0. The second kappa shape index (κ2) is 4.03. The van der Waals surface area contributed by atoms with Gasteiger partial charge in [0.05, 0.1) is 0 Å². The Morgan fingerprint density at radius 3 is 1.50 bits per heavy atom. The van der Waals surface area contributed by atoms with Gasteiger partial charge < -0.3 is 4.55 Å². The molecule has 0 unspecified atom stereocenters. The molecule has 0 spiro atoms. The quantitative estimate of drug-likeness (QED) is 0.328. The van der Waals surface area contributed by atoms with Crippen LogP contribution in [0.3, 0.4) is 0 Å². The van der Waals surface area contributed by atoms with Crippen molar-refractivity contribution in [1.82, 2.24) is 0 Å². The Bertz CT molecular complexity index is 243. The maximum absolute atomic E-state index is 10.1. The molecule has 5 nitrogen and oxygen atoms in total. The first-order chi connectivity index (χ1) is 3.71. The molecule has 0 N–H and O–H groups in total. The zero-order valence-corrected chi connectivity index (χ0v) is 9.20. The minimum atomic E-state index is -4.62. The van der Waals surface area contributed by atoms with Gasteiger partial charge in [0, 0.05) is 6.26 Å². The number of hydrogen-bond donors (Lipinski definition) is 0. The maximum Gasteiger partial charge on any atom is 1.00 e. The third-order valence-electron chi connectivity index (χ3n) is 0.358. The summed E-state index contributed by atoms with van der Waals surface area (Å²) in [5.74, 6) is 0. The Kier molecular flexibility index (Phi) is 5.42. The van der Waals surface area contributed by atoms with Gasteiger partial charge in [-0.25, -0.2) is 16.8 Å². The second-order valence-corrected chi connectivity index (χ2v) is 5.51. The van der Waals surface area contributed by atoms with E-state index >= 15 is 0 Å². The van der Waals surface area contributed by atoms with Crippen LogP contribution in [0.2, 0.25) is 0 Å². The summed E-state index contributed by atoms with van der Waals surface area (Å²) in [6.07, 6.45) is 0.683. The molecule has 0 aliphatic heterocycles. The molecule has 0 saturated heterocycles. The molecular formula is C2H5NaO5S2. The Morgan fingerprint density at radius 1 is 1.20 bits per heavy atom. The van der Waals surface area contributed by atoms with E-state index < -0.39 is 25.0 Å². The standard InChI is InChI=1S/C2H6O5S2.Na/c1-8(3,4)2-9(5,6)7;/h2H2,1H3,(H,5,6,7);/q;+1/p-1. The fraction of sp³-hybridized carbons (Fsp3) is 1.00. The second-order valence-electron chi connectivity index (χ2n) is 1.60. The van der Waals surface area contributed by atoms with E-state index in [9.17, 15) is 21.4 Å². The van der Waals surface area contributed by atoms with Crippen LogP contribution in [0.5, 0.6) is 0 Å². The van der Waals surface area contributed by atoms with Gasteiger partial charge in [0.2, 0.25) is 0 Å². The molecule has 0 heterocycles. The molecule has 0 aromatic rings. The average molecular weight is 196 g/mol. The van der Waals surface area contributed by atoms with E-state index in [0.29, 0.717) is 6.26 Å². The smallest absolute Gasteiger partial charge is 0.747 e. The average Bonchev–Trinajstić information content (AvgIpc) is 1.14. The van der Waals surface area contributed by atoms with Crippen molar-refractivity contribution in [2.75, 3.05) is 11.3 Å². The van der Waals surface area contributed by atoms with Gasteiger partial charge in [0.25, 0.3) is 0 Å². The van der Waals surface area contributed by atoms with Crippen molar-refractivity contribution >= 4 is 20.0 Å². The van der Waals surface area contributed by atoms with E-state index in [0.717, 1.165) is 0 Å². The predicted molar refractivity (Wildman–Crippen MR) is 29.4 cm³/mol. The van der Waals surface area contributed by atoms with Gasteiger partial charge in [0.1, 0.15) is 15.2 Å². The summed E-state index contributed by atoms with van der Waals surface area (Å²) in [5, 5.41) is -1.32. The van der Waals surface area contributed by atoms with Gasteiger partial charge in [-0.15, -0.1) is 0 Å². The molecule has 0 aliphatic rings. The third kappa shape index (κ3) is 11.6. The first-order valence-electron chi connectivity index (χ1n) is 1.82. The summed E-state index contributed by atoms with van der Waals surface area (Å²) < 4.78 is 49.3. The van der Waals surface area contributed by atoms with Gasteiger partial charge in [-0.1, -0.05) is 0 Å². The van der Waals surface area contributed by atoms with E-state index in [1.807, 2.05) is 0 Å². The van der Waals surface area contributed by atoms with Crippen LogP contribution in [0.1, 0.15) is 0 Å². The maximum atomic E-state index is 10.1. The number of sulfone groups is 1. The van der Waals surface area contributed by atoms with E-state index in [1.54, 1.807) is 0 Å². The van der Waals surface area contributed by atoms with Crippen molar-refractivity contribution in [3.63, 3.8) is 0 Å². The van der Waals surface area contributed by atoms with Gasteiger partial charge in [-0.3, -0.25) is 0 Å². The van der Waals surface area contributed by atoms with Crippen LogP contribution < -0.4 is 29.6 Å². The summed E-state index contributed by atoms with van der Waals surface area (Å²) in [4.78, 5) is 0. The van der Waals surface area contributed by atoms with Crippen LogP contribution in [0.4, 0.5) is 0 Å². The largest absolute Gasteiger partial charge is 1.00 e. The number of hydrogen-bond acceptors (Lipinski definition) is 5. The van der Waals surface area contributed by atoms with Crippen LogP contribution in [-0.4, -0.2) is 32.7 Å². The first kappa shape index (κ1) is 13.4. The molecule has 0 aromatic heterocycles. The van der Waals surface area contributed by atoms with Crippen molar-refractivity contribution in [3.05, 3.63) is 0 Å². The Hall–Kier alpha value is 0.860. The van der Waals surface area contributed by atoms with E-state index in [-0.39, 0.29) is 29.6 Å². The van der Waals surface area contributed by atoms with Crippen molar-refractivity contribution in [2.45, 2.75) is 0 Å². The number of rotatable bonds is 2. The molecule has 0 amide bonds. The molecule has 0 radical (unpaired) electrons. The molecule has 0 rings (SSSR count). The molecule has 56 valence electrons. The molecule has 0 bridgehead atoms. The molecule has 0 atom stereocenters. The van der Waals surface area contributed by atoms with Crippen molar-refractivity contribution in [2.24, 2.45) is 0 Å². The van der Waals surface area contributed by atoms with E-state index in [4.69, 9.17) is 0 Å². The Morgan fingerprint density at radius 2 is 1.50 bits per heavy atom. The topological polar surface area (TPSA) is 91.3 Å². The van der Waals surface area contributed by atoms with Crippen LogP contribution in [0.25, 0.3) is 0 Å². The van der Waals surface area contributed by atoms with Crippen LogP contribution >= 0.6 is 0 Å². The molecule has 0 saturated carbocycles. The Balaban J connectivity index is 0. The van der Waals surface area contributed by atoms with Crippen molar-refractivity contribution < 1.29 is 50.9 Å². The van der Waals surface area contributed by atoms with E-state index in [2.05, 4.69) is 0 Å². The minimum absolute atomic E-state index is 0. The van der Waals surface area contributed by atoms with Crippen LogP contribution in [0.15, 0.2) is 0 Å². The van der Waals surface area contributed by atoms with Gasteiger partial charge in [-0.2, -0.15) is 0 Å². The van der Waals surface area contributed by atoms with Crippen molar-refractivity contribution in [3.8, 4) is 0 Å². The van der Waals surface area contributed by atoms with Crippen molar-refractivity contribution in [1.29, 1.82) is 0 Å². The fourth-order valence-electron chi connectivity index (χ4n) is 0.262. The van der Waals surface area contributed by atoms with Gasteiger partial charge in [0.15, 0.2) is 9.84 Å². The summed E-state index contributed by atoms with van der Waals surface area (Å²) in [7, 11) is -8.30.